The van der Waals surface area contributed by atoms with Gasteiger partial charge in [-0.05, 0) is 52.4 Å². The maximum absolute atomic E-state index is 2.36. The van der Waals surface area contributed by atoms with Crippen LogP contribution in [0.15, 0.2) is 83.8 Å². The van der Waals surface area contributed by atoms with E-state index in [9.17, 15) is 0 Å². The first kappa shape index (κ1) is 15.0. The Kier molecular flexibility index (Phi) is 3.54. The van der Waals surface area contributed by atoms with Crippen LogP contribution < -0.4 is 0 Å². The van der Waals surface area contributed by atoms with Crippen molar-refractivity contribution in [3.63, 3.8) is 0 Å². The summed E-state index contributed by atoms with van der Waals surface area (Å²) in [6.07, 6.45) is 2.14. The number of thioether (sulfide) groups is 1. The zero-order valence-electron chi connectivity index (χ0n) is 13.8. The Morgan fingerprint density at radius 2 is 1.36 bits per heavy atom. The number of benzene rings is 4. The number of thiophene rings is 1. The maximum Gasteiger partial charge on any atom is 0.0355 e. The van der Waals surface area contributed by atoms with Crippen molar-refractivity contribution < 1.29 is 0 Å². The zero-order chi connectivity index (χ0) is 16.8. The van der Waals surface area contributed by atoms with Gasteiger partial charge in [0.1, 0.15) is 0 Å². The summed E-state index contributed by atoms with van der Waals surface area (Å²) >= 11 is 3.68. The molecule has 0 atom stereocenters. The van der Waals surface area contributed by atoms with Gasteiger partial charge in [0.15, 0.2) is 0 Å². The minimum Gasteiger partial charge on any atom is -0.135 e. The zero-order valence-corrected chi connectivity index (χ0v) is 15.5. The first-order valence-corrected chi connectivity index (χ1v) is 10.4. The van der Waals surface area contributed by atoms with Gasteiger partial charge >= 0.3 is 0 Å². The largest absolute Gasteiger partial charge is 0.135 e. The molecule has 1 heterocycles. The third-order valence-corrected chi connectivity index (χ3v) is 6.74. The van der Waals surface area contributed by atoms with Crippen molar-refractivity contribution in [1.82, 2.24) is 0 Å². The SMILES string of the molecule is CSc1ccc(-c2ccc3sc4ccccc4c3c2)c2ccccc12. The van der Waals surface area contributed by atoms with Crippen LogP contribution in [0.4, 0.5) is 0 Å². The van der Waals surface area contributed by atoms with E-state index in [1.165, 1.54) is 47.0 Å². The molecule has 0 aliphatic heterocycles. The van der Waals surface area contributed by atoms with Crippen LogP contribution in [-0.4, -0.2) is 6.26 Å². The third-order valence-electron chi connectivity index (χ3n) is 4.79. The second-order valence-corrected chi connectivity index (χ2v) is 8.10. The van der Waals surface area contributed by atoms with Gasteiger partial charge in [-0.15, -0.1) is 23.1 Å². The van der Waals surface area contributed by atoms with E-state index in [1.807, 2.05) is 23.1 Å². The molecular formula is C23H16S2. The molecule has 0 nitrogen and oxygen atoms in total. The van der Waals surface area contributed by atoms with Gasteiger partial charge in [0.2, 0.25) is 0 Å². The highest BCUT2D eigenvalue weighted by molar-refractivity contribution is 7.98. The standard InChI is InChI=1S/C23H16S2/c1-24-21-13-11-16(17-6-2-3-7-18(17)21)15-10-12-23-20(14-15)19-8-4-5-9-22(19)25-23/h2-14H,1H3. The maximum atomic E-state index is 2.36. The first-order chi connectivity index (χ1) is 12.3. The summed E-state index contributed by atoms with van der Waals surface area (Å²) in [5, 5.41) is 5.38. The van der Waals surface area contributed by atoms with Crippen molar-refractivity contribution >= 4 is 54.0 Å². The fourth-order valence-electron chi connectivity index (χ4n) is 3.59. The first-order valence-electron chi connectivity index (χ1n) is 8.32. The average Bonchev–Trinajstić information content (AvgIpc) is 3.05. The summed E-state index contributed by atoms with van der Waals surface area (Å²) in [4.78, 5) is 1.33. The Labute approximate surface area is 155 Å². The number of fused-ring (bicyclic) bond motifs is 4. The summed E-state index contributed by atoms with van der Waals surface area (Å²) in [5.41, 5.74) is 2.60. The topological polar surface area (TPSA) is 0 Å². The summed E-state index contributed by atoms with van der Waals surface area (Å²) in [7, 11) is 0. The molecule has 0 aliphatic rings. The molecule has 0 amide bonds. The van der Waals surface area contributed by atoms with Gasteiger partial charge in [0.25, 0.3) is 0 Å². The summed E-state index contributed by atoms with van der Waals surface area (Å²) in [5.74, 6) is 0. The van der Waals surface area contributed by atoms with E-state index in [2.05, 4.69) is 85.1 Å². The molecule has 2 heteroatoms. The molecule has 0 fully saturated rings. The highest BCUT2D eigenvalue weighted by atomic mass is 32.2. The quantitative estimate of drug-likeness (QED) is 0.293. The van der Waals surface area contributed by atoms with Crippen molar-refractivity contribution in [1.29, 1.82) is 0 Å². The van der Waals surface area contributed by atoms with Crippen LogP contribution in [0.5, 0.6) is 0 Å². The predicted octanol–water partition coefficient (Wildman–Crippen LogP) is 7.60. The second-order valence-electron chi connectivity index (χ2n) is 6.17. The number of hydrogen-bond acceptors (Lipinski definition) is 2. The van der Waals surface area contributed by atoms with Gasteiger partial charge in [0.05, 0.1) is 0 Å². The summed E-state index contributed by atoms with van der Waals surface area (Å²) in [6, 6.07) is 28.8. The van der Waals surface area contributed by atoms with E-state index >= 15 is 0 Å². The predicted molar refractivity (Wildman–Crippen MR) is 114 cm³/mol. The Hall–Kier alpha value is -2.29. The lowest BCUT2D eigenvalue weighted by Crippen LogP contribution is -1.84. The molecule has 0 unspecified atom stereocenters. The van der Waals surface area contributed by atoms with Crippen LogP contribution in [0, 0.1) is 0 Å². The smallest absolute Gasteiger partial charge is 0.0355 e. The Bertz CT molecular complexity index is 1230. The Balaban J connectivity index is 1.81. The molecule has 1 aromatic heterocycles. The van der Waals surface area contributed by atoms with Gasteiger partial charge in [-0.3, -0.25) is 0 Å². The number of rotatable bonds is 2. The summed E-state index contributed by atoms with van der Waals surface area (Å²) < 4.78 is 2.72. The van der Waals surface area contributed by atoms with Crippen LogP contribution in [0.25, 0.3) is 42.1 Å². The molecule has 0 bridgehead atoms. The fourth-order valence-corrected chi connectivity index (χ4v) is 5.28. The van der Waals surface area contributed by atoms with Crippen LogP contribution in [-0.2, 0) is 0 Å². The van der Waals surface area contributed by atoms with Crippen LogP contribution >= 0.6 is 23.1 Å². The van der Waals surface area contributed by atoms with Gasteiger partial charge in [-0.25, -0.2) is 0 Å². The molecule has 5 aromatic rings. The minimum absolute atomic E-state index is 1.29. The molecule has 0 saturated carbocycles. The van der Waals surface area contributed by atoms with E-state index in [4.69, 9.17) is 0 Å². The van der Waals surface area contributed by atoms with Gasteiger partial charge < -0.3 is 0 Å². The highest BCUT2D eigenvalue weighted by Gasteiger charge is 2.10. The van der Waals surface area contributed by atoms with E-state index in [1.54, 1.807) is 0 Å². The normalized spacial score (nSPS) is 11.6. The summed E-state index contributed by atoms with van der Waals surface area (Å²) in [6.45, 7) is 0. The van der Waals surface area contributed by atoms with Gasteiger partial charge in [0, 0.05) is 25.1 Å². The molecule has 0 saturated heterocycles. The molecule has 4 aromatic carbocycles. The molecule has 0 radical (unpaired) electrons. The average molecular weight is 357 g/mol. The minimum atomic E-state index is 1.29. The van der Waals surface area contributed by atoms with Gasteiger partial charge in [-0.2, -0.15) is 0 Å². The lowest BCUT2D eigenvalue weighted by molar-refractivity contribution is 1.54. The molecular weight excluding hydrogens is 340 g/mol. The lowest BCUT2D eigenvalue weighted by Gasteiger charge is -2.10. The third kappa shape index (κ3) is 2.37. The van der Waals surface area contributed by atoms with Crippen molar-refractivity contribution in [3.8, 4) is 11.1 Å². The van der Waals surface area contributed by atoms with E-state index in [0.717, 1.165) is 0 Å². The fraction of sp³-hybridized carbons (Fsp3) is 0.0435. The number of hydrogen-bond donors (Lipinski definition) is 0. The molecule has 25 heavy (non-hydrogen) atoms. The molecule has 120 valence electrons. The molecule has 5 rings (SSSR count). The van der Waals surface area contributed by atoms with Gasteiger partial charge in [-0.1, -0.05) is 54.6 Å². The van der Waals surface area contributed by atoms with Crippen molar-refractivity contribution in [2.45, 2.75) is 4.90 Å². The van der Waals surface area contributed by atoms with Crippen molar-refractivity contribution in [2.24, 2.45) is 0 Å². The molecule has 0 N–H and O–H groups in total. The Morgan fingerprint density at radius 3 is 2.20 bits per heavy atom. The second kappa shape index (κ2) is 5.91. The highest BCUT2D eigenvalue weighted by Crippen LogP contribution is 2.39. The molecule has 0 spiro atoms. The molecule has 0 aliphatic carbocycles. The van der Waals surface area contributed by atoms with Crippen LogP contribution in [0.3, 0.4) is 0 Å². The van der Waals surface area contributed by atoms with Crippen LogP contribution in [0.2, 0.25) is 0 Å². The van der Waals surface area contributed by atoms with Crippen LogP contribution in [0.1, 0.15) is 0 Å². The van der Waals surface area contributed by atoms with E-state index in [-0.39, 0.29) is 0 Å². The van der Waals surface area contributed by atoms with E-state index in [0.29, 0.717) is 0 Å². The lowest BCUT2D eigenvalue weighted by atomic mass is 9.97. The van der Waals surface area contributed by atoms with Crippen molar-refractivity contribution in [3.05, 3.63) is 78.9 Å². The monoisotopic (exact) mass is 356 g/mol. The van der Waals surface area contributed by atoms with E-state index < -0.39 is 0 Å². The van der Waals surface area contributed by atoms with Crippen molar-refractivity contribution in [2.75, 3.05) is 6.26 Å². The Morgan fingerprint density at radius 1 is 0.640 bits per heavy atom.